The summed E-state index contributed by atoms with van der Waals surface area (Å²) in [7, 11) is 0. The van der Waals surface area contributed by atoms with Gasteiger partial charge in [-0.3, -0.25) is 0 Å². The summed E-state index contributed by atoms with van der Waals surface area (Å²) in [6.45, 7) is 1.87. The third-order valence-corrected chi connectivity index (χ3v) is 1.27. The van der Waals surface area contributed by atoms with Crippen molar-refractivity contribution in [2.24, 2.45) is 0 Å². The second kappa shape index (κ2) is 6.98. The molecule has 0 saturated carbocycles. The van der Waals surface area contributed by atoms with E-state index in [2.05, 4.69) is 13.4 Å². The number of carboxylic acids is 1. The summed E-state index contributed by atoms with van der Waals surface area (Å²) in [5, 5.41) is 8.51. The van der Waals surface area contributed by atoms with Gasteiger partial charge in [0.05, 0.1) is 5.56 Å². The fraction of sp³-hybridized carbons (Fsp3) is 0.364. The molecule has 0 unspecified atom stereocenters. The third kappa shape index (κ3) is 7.06. The molecule has 0 aliphatic rings. The van der Waals surface area contributed by atoms with Crippen molar-refractivity contribution in [2.45, 2.75) is 20.4 Å². The standard InChI is InChI=1S/C8H8O2.3CH3.Pb/c1-6-3-2-4-7(5-6)8(9)10;;;;/h2-5H,1H3,(H,9,10);3*1H3;. The maximum atomic E-state index is 10.4. The van der Waals surface area contributed by atoms with Gasteiger partial charge in [-0.05, 0) is 19.1 Å². The number of carbonyl (C=O) groups is 1. The third-order valence-electron chi connectivity index (χ3n) is 1.27. The van der Waals surface area contributed by atoms with Gasteiger partial charge < -0.3 is 5.11 Å². The van der Waals surface area contributed by atoms with Crippen LogP contribution in [-0.2, 0) is 0 Å². The molecule has 14 heavy (non-hydrogen) atoms. The summed E-state index contributed by atoms with van der Waals surface area (Å²) < 4.78 is 7.14. The van der Waals surface area contributed by atoms with Crippen molar-refractivity contribution in [3.63, 3.8) is 0 Å². The number of aromatic carboxylic acids is 1. The predicted molar refractivity (Wildman–Crippen MR) is 61.5 cm³/mol. The van der Waals surface area contributed by atoms with Crippen molar-refractivity contribution in [1.82, 2.24) is 0 Å². The molecule has 1 N–H and O–H groups in total. The van der Waals surface area contributed by atoms with Crippen LogP contribution in [0.2, 0.25) is 13.4 Å². The Kier molecular flexibility index (Phi) is 6.78. The first-order valence-electron chi connectivity index (χ1n) is 4.50. The molecule has 0 fully saturated rings. The van der Waals surface area contributed by atoms with Crippen molar-refractivity contribution in [3.05, 3.63) is 35.4 Å². The summed E-state index contributed by atoms with van der Waals surface area (Å²) in [5.74, 6) is -0.872. The van der Waals surface area contributed by atoms with E-state index < -0.39 is 28.7 Å². The predicted octanol–water partition coefficient (Wildman–Crippen LogP) is 3.06. The fourth-order valence-electron chi connectivity index (χ4n) is 0.778. The number of aryl methyl sites for hydroxylation is 1. The molecule has 1 aromatic rings. The molecule has 0 atom stereocenters. The molecule has 0 aliphatic heterocycles. The van der Waals surface area contributed by atoms with Gasteiger partial charge in [0, 0.05) is 0 Å². The first-order valence-corrected chi connectivity index (χ1v) is 16.2. The van der Waals surface area contributed by atoms with Crippen molar-refractivity contribution in [1.29, 1.82) is 0 Å². The molecule has 1 radical (unpaired) electrons. The van der Waals surface area contributed by atoms with Gasteiger partial charge >= 0.3 is 42.1 Å². The van der Waals surface area contributed by atoms with E-state index in [-0.39, 0.29) is 0 Å². The van der Waals surface area contributed by atoms with E-state index in [1.807, 2.05) is 13.0 Å². The Hall–Kier alpha value is -0.388. The van der Waals surface area contributed by atoms with E-state index >= 15 is 0 Å². The molecule has 0 aromatic heterocycles. The molecule has 2 nitrogen and oxygen atoms in total. The van der Waals surface area contributed by atoms with Gasteiger partial charge in [-0.15, -0.1) is 0 Å². The quantitative estimate of drug-likeness (QED) is 0.751. The molecule has 0 saturated heterocycles. The van der Waals surface area contributed by atoms with E-state index in [9.17, 15) is 4.79 Å². The zero-order valence-corrected chi connectivity index (χ0v) is 13.1. The molecule has 0 heterocycles. The van der Waals surface area contributed by atoms with Crippen LogP contribution >= 0.6 is 0 Å². The van der Waals surface area contributed by atoms with E-state index in [1.54, 1.807) is 18.2 Å². The topological polar surface area (TPSA) is 37.3 Å². The number of carboxylic acid groups (broad SMARTS) is 1. The molecule has 0 amide bonds. The van der Waals surface area contributed by atoms with Crippen LogP contribution in [-0.4, -0.2) is 33.8 Å². The minimum absolute atomic E-state index is 0.347. The Morgan fingerprint density at radius 2 is 1.79 bits per heavy atom. The van der Waals surface area contributed by atoms with Crippen LogP contribution in [0.1, 0.15) is 15.9 Å². The Bertz CT molecular complexity index is 292. The molecular formula is C11H17O2Pb. The molecule has 1 aromatic carbocycles. The van der Waals surface area contributed by atoms with Crippen LogP contribution in [0.15, 0.2) is 24.3 Å². The van der Waals surface area contributed by atoms with Gasteiger partial charge in [-0.1, -0.05) is 17.7 Å². The van der Waals surface area contributed by atoms with E-state index in [1.165, 1.54) is 0 Å². The van der Waals surface area contributed by atoms with Crippen LogP contribution in [0.3, 0.4) is 0 Å². The van der Waals surface area contributed by atoms with Crippen molar-refractivity contribution in [3.8, 4) is 0 Å². The molecule has 1 rings (SSSR count). The summed E-state index contributed by atoms with van der Waals surface area (Å²) in [6.07, 6.45) is 0. The summed E-state index contributed by atoms with van der Waals surface area (Å²) in [4.78, 5) is 10.4. The monoisotopic (exact) mass is 389 g/mol. The zero-order valence-electron chi connectivity index (χ0n) is 9.16. The normalized spacial score (nSPS) is 9.21. The van der Waals surface area contributed by atoms with Gasteiger partial charge in [-0.25, -0.2) is 4.79 Å². The van der Waals surface area contributed by atoms with Crippen molar-refractivity contribution < 1.29 is 9.90 Å². The Morgan fingerprint density at radius 1 is 1.29 bits per heavy atom. The van der Waals surface area contributed by atoms with Crippen molar-refractivity contribution >= 4 is 28.7 Å². The minimum atomic E-state index is -0.872. The summed E-state index contributed by atoms with van der Waals surface area (Å²) in [5.41, 5.74) is 1.32. The second-order valence-electron chi connectivity index (χ2n) is 3.67. The molecule has 0 bridgehead atoms. The van der Waals surface area contributed by atoms with Gasteiger partial charge in [0.15, 0.2) is 0 Å². The van der Waals surface area contributed by atoms with Crippen molar-refractivity contribution in [2.75, 3.05) is 0 Å². The number of rotatable bonds is 1. The van der Waals surface area contributed by atoms with Crippen LogP contribution < -0.4 is 0 Å². The first kappa shape index (κ1) is 13.6. The maximum absolute atomic E-state index is 10.4. The average molecular weight is 388 g/mol. The molecule has 0 spiro atoms. The molecule has 77 valence electrons. The van der Waals surface area contributed by atoms with Gasteiger partial charge in [0.1, 0.15) is 0 Å². The van der Waals surface area contributed by atoms with Crippen LogP contribution in [0.25, 0.3) is 0 Å². The molecule has 3 heteroatoms. The number of benzene rings is 1. The van der Waals surface area contributed by atoms with Crippen LogP contribution in [0, 0.1) is 6.92 Å². The van der Waals surface area contributed by atoms with Crippen LogP contribution in [0.5, 0.6) is 0 Å². The van der Waals surface area contributed by atoms with Gasteiger partial charge in [0.2, 0.25) is 0 Å². The Balaban J connectivity index is 0.000000364. The fourth-order valence-corrected chi connectivity index (χ4v) is 0.778. The number of hydrogen-bond acceptors (Lipinski definition) is 1. The van der Waals surface area contributed by atoms with E-state index in [0.717, 1.165) is 5.56 Å². The Morgan fingerprint density at radius 3 is 2.07 bits per heavy atom. The van der Waals surface area contributed by atoms with Crippen LogP contribution in [0.4, 0.5) is 0 Å². The SMILES string of the molecule is Cc1cccc(C(=O)O)c1.[CH3][Pb]([CH3])[CH3]. The second-order valence-corrected chi connectivity index (χ2v) is 15.3. The summed E-state index contributed by atoms with van der Waals surface area (Å²) in [6, 6.07) is 6.82. The van der Waals surface area contributed by atoms with Gasteiger partial charge in [-0.2, -0.15) is 0 Å². The molecular weight excluding hydrogens is 371 g/mol. The van der Waals surface area contributed by atoms with Gasteiger partial charge in [0.25, 0.3) is 0 Å². The molecule has 0 aliphatic carbocycles. The first-order chi connectivity index (χ1) is 6.43. The van der Waals surface area contributed by atoms with E-state index in [0.29, 0.717) is 5.56 Å². The Labute approximate surface area is 94.1 Å². The number of hydrogen-bond donors (Lipinski definition) is 1. The average Bonchev–Trinajstić information content (AvgIpc) is 2.03. The zero-order chi connectivity index (χ0) is 11.1. The summed E-state index contributed by atoms with van der Waals surface area (Å²) >= 11 is -0.657. The van der Waals surface area contributed by atoms with E-state index in [4.69, 9.17) is 5.11 Å².